The Labute approximate surface area is 166 Å². The van der Waals surface area contributed by atoms with Crippen molar-refractivity contribution in [1.29, 1.82) is 0 Å². The Hall–Kier alpha value is -1.49. The van der Waals surface area contributed by atoms with Crippen LogP contribution in [0.15, 0.2) is 0 Å². The Morgan fingerprint density at radius 2 is 1.57 bits per heavy atom. The second kappa shape index (κ2) is 7.73. The molecule has 0 radical (unpaired) electrons. The van der Waals surface area contributed by atoms with E-state index in [4.69, 9.17) is 28.1 Å². The standard InChI is InChI=1S/C18H30O9Si/c1-17(2,3)28(7,8)27-13-10-9-25-18(26-10,16(21)24-6)12(15(20)23-5)11(13)14(19)22-4/h10-13H,9H2,1-8H3. The number of carbonyl (C=O) groups is 3. The first-order valence-electron chi connectivity index (χ1n) is 9.10. The molecule has 0 spiro atoms. The van der Waals surface area contributed by atoms with Gasteiger partial charge in [0.15, 0.2) is 8.32 Å². The first-order valence-corrected chi connectivity index (χ1v) is 12.0. The van der Waals surface area contributed by atoms with Gasteiger partial charge < -0.3 is 28.1 Å². The average molecular weight is 419 g/mol. The fourth-order valence-corrected chi connectivity index (χ4v) is 4.69. The molecule has 9 nitrogen and oxygen atoms in total. The minimum absolute atomic E-state index is 0.0324. The molecule has 0 N–H and O–H groups in total. The first-order chi connectivity index (χ1) is 12.9. The molecule has 2 aliphatic rings. The Kier molecular flexibility index (Phi) is 6.30. The van der Waals surface area contributed by atoms with Crippen LogP contribution < -0.4 is 0 Å². The third-order valence-electron chi connectivity index (χ3n) is 5.91. The highest BCUT2D eigenvalue weighted by Gasteiger charge is 2.70. The molecule has 0 aromatic rings. The number of hydrogen-bond donors (Lipinski definition) is 0. The van der Waals surface area contributed by atoms with Crippen LogP contribution in [-0.4, -0.2) is 72.2 Å². The zero-order valence-electron chi connectivity index (χ0n) is 17.7. The molecule has 2 saturated heterocycles. The summed E-state index contributed by atoms with van der Waals surface area (Å²) in [6, 6.07) is 0. The van der Waals surface area contributed by atoms with Crippen LogP contribution in [0, 0.1) is 11.8 Å². The van der Waals surface area contributed by atoms with Crippen molar-refractivity contribution in [2.75, 3.05) is 27.9 Å². The van der Waals surface area contributed by atoms with Crippen molar-refractivity contribution in [1.82, 2.24) is 0 Å². The van der Waals surface area contributed by atoms with Gasteiger partial charge in [0.05, 0.1) is 34.0 Å². The Balaban J connectivity index is 2.58. The van der Waals surface area contributed by atoms with Crippen molar-refractivity contribution < 1.29 is 42.5 Å². The summed E-state index contributed by atoms with van der Waals surface area (Å²) in [6.07, 6.45) is -1.57. The zero-order chi connectivity index (χ0) is 21.5. The Morgan fingerprint density at radius 3 is 2.04 bits per heavy atom. The molecule has 28 heavy (non-hydrogen) atoms. The van der Waals surface area contributed by atoms with Gasteiger partial charge in [-0.3, -0.25) is 9.59 Å². The molecule has 2 heterocycles. The van der Waals surface area contributed by atoms with E-state index in [-0.39, 0.29) is 11.6 Å². The third-order valence-corrected chi connectivity index (χ3v) is 10.4. The lowest BCUT2D eigenvalue weighted by atomic mass is 9.78. The second-order valence-corrected chi connectivity index (χ2v) is 13.3. The van der Waals surface area contributed by atoms with Crippen molar-refractivity contribution in [2.45, 2.75) is 56.9 Å². The monoisotopic (exact) mass is 418 g/mol. The molecule has 5 atom stereocenters. The molecule has 2 fully saturated rings. The van der Waals surface area contributed by atoms with Gasteiger partial charge in [-0.05, 0) is 18.1 Å². The van der Waals surface area contributed by atoms with Gasteiger partial charge >= 0.3 is 17.9 Å². The summed E-state index contributed by atoms with van der Waals surface area (Å²) in [5.74, 6) is -7.10. The maximum absolute atomic E-state index is 12.8. The van der Waals surface area contributed by atoms with Crippen LogP contribution in [-0.2, 0) is 42.5 Å². The van der Waals surface area contributed by atoms with Gasteiger partial charge in [0.2, 0.25) is 0 Å². The minimum atomic E-state index is -2.38. The molecular formula is C18H30O9Si. The van der Waals surface area contributed by atoms with Gasteiger partial charge in [0.25, 0.3) is 5.79 Å². The normalized spacial score (nSPS) is 32.6. The average Bonchev–Trinajstić information content (AvgIpc) is 3.02. The summed E-state index contributed by atoms with van der Waals surface area (Å²) in [7, 11) is 1.14. The number of esters is 3. The molecule has 0 aromatic carbocycles. The van der Waals surface area contributed by atoms with E-state index in [9.17, 15) is 14.4 Å². The summed E-state index contributed by atoms with van der Waals surface area (Å²) >= 11 is 0. The maximum atomic E-state index is 12.8. The van der Waals surface area contributed by atoms with Crippen molar-refractivity contribution in [2.24, 2.45) is 11.8 Å². The number of fused-ring (bicyclic) bond motifs is 2. The molecule has 0 aromatic heterocycles. The third kappa shape index (κ3) is 3.58. The molecule has 10 heteroatoms. The molecule has 5 unspecified atom stereocenters. The lowest BCUT2D eigenvalue weighted by Gasteiger charge is -2.47. The predicted molar refractivity (Wildman–Crippen MR) is 98.7 cm³/mol. The van der Waals surface area contributed by atoms with Gasteiger partial charge in [-0.15, -0.1) is 0 Å². The predicted octanol–water partition coefficient (Wildman–Crippen LogP) is 1.25. The lowest BCUT2D eigenvalue weighted by molar-refractivity contribution is -0.263. The highest BCUT2D eigenvalue weighted by Crippen LogP contribution is 2.49. The molecular weight excluding hydrogens is 388 g/mol. The topological polar surface area (TPSA) is 107 Å². The van der Waals surface area contributed by atoms with E-state index >= 15 is 0 Å². The van der Waals surface area contributed by atoms with Crippen molar-refractivity contribution in [3.63, 3.8) is 0 Å². The fraction of sp³-hybridized carbons (Fsp3) is 0.833. The molecule has 0 amide bonds. The number of methoxy groups -OCH3 is 3. The van der Waals surface area contributed by atoms with E-state index in [1.54, 1.807) is 0 Å². The quantitative estimate of drug-likeness (QED) is 0.370. The van der Waals surface area contributed by atoms with E-state index in [0.717, 1.165) is 14.2 Å². The van der Waals surface area contributed by atoms with Crippen molar-refractivity contribution >= 4 is 26.2 Å². The second-order valence-electron chi connectivity index (χ2n) is 8.52. The first kappa shape index (κ1) is 22.8. The van der Waals surface area contributed by atoms with Gasteiger partial charge in [-0.25, -0.2) is 4.79 Å². The lowest BCUT2D eigenvalue weighted by Crippen LogP contribution is -2.65. The van der Waals surface area contributed by atoms with Crippen molar-refractivity contribution in [3.8, 4) is 0 Å². The Bertz CT molecular complexity index is 641. The Morgan fingerprint density at radius 1 is 1.00 bits per heavy atom. The number of carbonyl (C=O) groups excluding carboxylic acids is 3. The van der Waals surface area contributed by atoms with Crippen LogP contribution in [0.4, 0.5) is 0 Å². The molecule has 0 saturated carbocycles. The molecule has 0 aliphatic carbocycles. The summed E-state index contributed by atoms with van der Waals surface area (Å²) in [6.45, 7) is 10.2. The van der Waals surface area contributed by atoms with Crippen LogP contribution in [0.25, 0.3) is 0 Å². The molecule has 160 valence electrons. The highest BCUT2D eigenvalue weighted by molar-refractivity contribution is 6.74. The summed E-state index contributed by atoms with van der Waals surface area (Å²) in [4.78, 5) is 38.0. The largest absolute Gasteiger partial charge is 0.469 e. The van der Waals surface area contributed by atoms with Crippen molar-refractivity contribution in [3.05, 3.63) is 0 Å². The summed E-state index contributed by atoms with van der Waals surface area (Å²) in [5, 5.41) is -0.162. The van der Waals surface area contributed by atoms with Crippen LogP contribution in [0.3, 0.4) is 0 Å². The number of rotatable bonds is 5. The van der Waals surface area contributed by atoms with E-state index in [2.05, 4.69) is 20.8 Å². The van der Waals surface area contributed by atoms with Gasteiger partial charge in [0, 0.05) is 0 Å². The molecule has 2 rings (SSSR count). The number of ether oxygens (including phenoxy) is 5. The minimum Gasteiger partial charge on any atom is -0.469 e. The van der Waals surface area contributed by atoms with Crippen LogP contribution in [0.1, 0.15) is 20.8 Å². The fourth-order valence-electron chi connectivity index (χ4n) is 3.36. The van der Waals surface area contributed by atoms with E-state index < -0.39 is 56.1 Å². The van der Waals surface area contributed by atoms with Crippen LogP contribution in [0.5, 0.6) is 0 Å². The molecule has 2 bridgehead atoms. The van der Waals surface area contributed by atoms with Gasteiger partial charge in [-0.2, -0.15) is 0 Å². The highest BCUT2D eigenvalue weighted by atomic mass is 28.4. The van der Waals surface area contributed by atoms with E-state index in [0.29, 0.717) is 0 Å². The van der Waals surface area contributed by atoms with Crippen LogP contribution >= 0.6 is 0 Å². The molecule has 2 aliphatic heterocycles. The maximum Gasteiger partial charge on any atom is 0.367 e. The summed E-state index contributed by atoms with van der Waals surface area (Å²) < 4.78 is 32.6. The van der Waals surface area contributed by atoms with Gasteiger partial charge in [0.1, 0.15) is 17.9 Å². The summed E-state index contributed by atoms with van der Waals surface area (Å²) in [5.41, 5.74) is 0. The van der Waals surface area contributed by atoms with Gasteiger partial charge in [-0.1, -0.05) is 20.8 Å². The SMILES string of the molecule is COC(=O)C1C(O[Si](C)(C)C(C)(C)C)C2COC(C(=O)OC)(O2)C1C(=O)OC. The van der Waals surface area contributed by atoms with Crippen LogP contribution in [0.2, 0.25) is 18.1 Å². The smallest absolute Gasteiger partial charge is 0.367 e. The zero-order valence-corrected chi connectivity index (χ0v) is 18.7. The van der Waals surface area contributed by atoms with E-state index in [1.807, 2.05) is 13.1 Å². The number of hydrogen-bond acceptors (Lipinski definition) is 9. The van der Waals surface area contributed by atoms with E-state index in [1.165, 1.54) is 7.11 Å².